The molecule has 0 aliphatic heterocycles. The third-order valence-corrected chi connectivity index (χ3v) is 3.38. The Bertz CT molecular complexity index is 365. The zero-order valence-electron chi connectivity index (χ0n) is 9.99. The van der Waals surface area contributed by atoms with E-state index in [-0.39, 0.29) is 0 Å². The van der Waals surface area contributed by atoms with Gasteiger partial charge in [-0.15, -0.1) is 0 Å². The van der Waals surface area contributed by atoms with Crippen LogP contribution in [0.2, 0.25) is 0 Å². The number of nitrogens with one attached hydrogen (secondary N) is 1. The van der Waals surface area contributed by atoms with Crippen LogP contribution in [0.4, 0.5) is 11.4 Å². The molecule has 0 radical (unpaired) electrons. The quantitative estimate of drug-likeness (QED) is 0.770. The Hall–Kier alpha value is -1.22. The summed E-state index contributed by atoms with van der Waals surface area (Å²) in [7, 11) is 1.79. The minimum atomic E-state index is 0.345. The van der Waals surface area contributed by atoms with Crippen molar-refractivity contribution in [3.8, 4) is 0 Å². The van der Waals surface area contributed by atoms with Crippen LogP contribution in [0.1, 0.15) is 24.8 Å². The molecule has 2 rings (SSSR count). The molecule has 3 N–H and O–H groups in total. The van der Waals surface area contributed by atoms with E-state index in [0.717, 1.165) is 23.4 Å². The second kappa shape index (κ2) is 4.74. The second-order valence-corrected chi connectivity index (χ2v) is 4.53. The molecular formula is C13H20N2O. The van der Waals surface area contributed by atoms with Crippen molar-refractivity contribution in [2.75, 3.05) is 18.2 Å². The summed E-state index contributed by atoms with van der Waals surface area (Å²) < 4.78 is 5.46. The first-order valence-corrected chi connectivity index (χ1v) is 5.86. The molecule has 0 heterocycles. The van der Waals surface area contributed by atoms with Crippen LogP contribution in [-0.2, 0) is 4.74 Å². The number of ether oxygens (including phenoxy) is 1. The number of nitrogens with two attached hydrogens (primary N) is 1. The van der Waals surface area contributed by atoms with E-state index in [9.17, 15) is 0 Å². The van der Waals surface area contributed by atoms with E-state index in [4.69, 9.17) is 10.5 Å². The fraction of sp³-hybridized carbons (Fsp3) is 0.538. The van der Waals surface area contributed by atoms with Crippen molar-refractivity contribution in [1.82, 2.24) is 0 Å². The Labute approximate surface area is 97.0 Å². The second-order valence-electron chi connectivity index (χ2n) is 4.53. The molecule has 1 aliphatic carbocycles. The van der Waals surface area contributed by atoms with Crippen molar-refractivity contribution < 1.29 is 4.74 Å². The lowest BCUT2D eigenvalue weighted by Crippen LogP contribution is -2.29. The lowest BCUT2D eigenvalue weighted by atomic mass is 10.1. The SMILES string of the molecule is COC1CCCC1Nc1ccc(N)c(C)c1. The molecule has 1 aromatic rings. The molecule has 1 saturated carbocycles. The normalized spacial score (nSPS) is 24.6. The van der Waals surface area contributed by atoms with Crippen molar-refractivity contribution in [2.45, 2.75) is 38.3 Å². The topological polar surface area (TPSA) is 47.3 Å². The van der Waals surface area contributed by atoms with Crippen molar-refractivity contribution >= 4 is 11.4 Å². The Morgan fingerprint density at radius 3 is 2.88 bits per heavy atom. The summed E-state index contributed by atoms with van der Waals surface area (Å²) >= 11 is 0. The highest BCUT2D eigenvalue weighted by Gasteiger charge is 2.26. The van der Waals surface area contributed by atoms with Gasteiger partial charge in [0.25, 0.3) is 0 Å². The monoisotopic (exact) mass is 220 g/mol. The van der Waals surface area contributed by atoms with Crippen molar-refractivity contribution in [2.24, 2.45) is 0 Å². The molecule has 1 aliphatic rings. The number of methoxy groups -OCH3 is 1. The summed E-state index contributed by atoms with van der Waals surface area (Å²) in [6, 6.07) is 6.52. The highest BCUT2D eigenvalue weighted by Crippen LogP contribution is 2.26. The Kier molecular flexibility index (Phi) is 3.34. The maximum atomic E-state index is 5.80. The smallest absolute Gasteiger partial charge is 0.0772 e. The number of benzene rings is 1. The molecule has 2 atom stereocenters. The number of rotatable bonds is 3. The number of hydrogen-bond donors (Lipinski definition) is 2. The van der Waals surface area contributed by atoms with E-state index in [2.05, 4.69) is 11.4 Å². The Balaban J connectivity index is 2.05. The number of anilines is 2. The van der Waals surface area contributed by atoms with Gasteiger partial charge in [-0.05, 0) is 49.9 Å². The third-order valence-electron chi connectivity index (χ3n) is 3.38. The molecule has 16 heavy (non-hydrogen) atoms. The highest BCUT2D eigenvalue weighted by molar-refractivity contribution is 5.57. The van der Waals surface area contributed by atoms with E-state index in [1.54, 1.807) is 7.11 Å². The Morgan fingerprint density at radius 1 is 1.38 bits per heavy atom. The predicted molar refractivity (Wildman–Crippen MR) is 67.7 cm³/mol. The molecular weight excluding hydrogens is 200 g/mol. The fourth-order valence-electron chi connectivity index (χ4n) is 2.35. The molecule has 0 aromatic heterocycles. The summed E-state index contributed by atoms with van der Waals surface area (Å²) in [5.74, 6) is 0. The number of hydrogen-bond acceptors (Lipinski definition) is 3. The van der Waals surface area contributed by atoms with Gasteiger partial charge in [0.05, 0.1) is 12.1 Å². The Morgan fingerprint density at radius 2 is 2.19 bits per heavy atom. The van der Waals surface area contributed by atoms with Crippen LogP contribution in [0.25, 0.3) is 0 Å². The molecule has 1 aromatic carbocycles. The molecule has 0 amide bonds. The van der Waals surface area contributed by atoms with E-state index in [1.165, 1.54) is 12.8 Å². The molecule has 1 fully saturated rings. The van der Waals surface area contributed by atoms with E-state index in [1.807, 2.05) is 19.1 Å². The van der Waals surface area contributed by atoms with Gasteiger partial charge >= 0.3 is 0 Å². The first kappa shape index (κ1) is 11.3. The maximum Gasteiger partial charge on any atom is 0.0772 e. The van der Waals surface area contributed by atoms with Crippen LogP contribution in [0.5, 0.6) is 0 Å². The van der Waals surface area contributed by atoms with Crippen LogP contribution in [0.3, 0.4) is 0 Å². The van der Waals surface area contributed by atoms with Gasteiger partial charge in [-0.2, -0.15) is 0 Å². The molecule has 3 nitrogen and oxygen atoms in total. The van der Waals surface area contributed by atoms with E-state index < -0.39 is 0 Å². The van der Waals surface area contributed by atoms with Crippen LogP contribution < -0.4 is 11.1 Å². The van der Waals surface area contributed by atoms with Gasteiger partial charge in [-0.1, -0.05) is 0 Å². The van der Waals surface area contributed by atoms with Crippen LogP contribution >= 0.6 is 0 Å². The summed E-state index contributed by atoms with van der Waals surface area (Å²) in [6.07, 6.45) is 3.92. The lowest BCUT2D eigenvalue weighted by Gasteiger charge is -2.21. The highest BCUT2D eigenvalue weighted by atomic mass is 16.5. The number of nitrogen functional groups attached to an aromatic ring is 1. The average Bonchev–Trinajstić information content (AvgIpc) is 2.71. The van der Waals surface area contributed by atoms with Gasteiger partial charge in [-0.3, -0.25) is 0 Å². The molecule has 0 spiro atoms. The minimum Gasteiger partial charge on any atom is -0.399 e. The molecule has 3 heteroatoms. The van der Waals surface area contributed by atoms with Gasteiger partial charge < -0.3 is 15.8 Å². The summed E-state index contributed by atoms with van der Waals surface area (Å²) in [6.45, 7) is 2.03. The molecule has 0 bridgehead atoms. The molecule has 88 valence electrons. The number of aryl methyl sites for hydroxylation is 1. The molecule has 0 saturated heterocycles. The van der Waals surface area contributed by atoms with Gasteiger partial charge in [0.15, 0.2) is 0 Å². The summed E-state index contributed by atoms with van der Waals surface area (Å²) in [5.41, 5.74) is 8.91. The fourth-order valence-corrected chi connectivity index (χ4v) is 2.35. The van der Waals surface area contributed by atoms with Gasteiger partial charge in [0.1, 0.15) is 0 Å². The van der Waals surface area contributed by atoms with Crippen LogP contribution in [-0.4, -0.2) is 19.3 Å². The van der Waals surface area contributed by atoms with Crippen molar-refractivity contribution in [3.63, 3.8) is 0 Å². The van der Waals surface area contributed by atoms with Crippen molar-refractivity contribution in [3.05, 3.63) is 23.8 Å². The van der Waals surface area contributed by atoms with E-state index >= 15 is 0 Å². The zero-order valence-corrected chi connectivity index (χ0v) is 9.99. The first-order chi connectivity index (χ1) is 7.70. The van der Waals surface area contributed by atoms with Gasteiger partial charge in [0.2, 0.25) is 0 Å². The largest absolute Gasteiger partial charge is 0.399 e. The van der Waals surface area contributed by atoms with E-state index in [0.29, 0.717) is 12.1 Å². The third kappa shape index (κ3) is 2.30. The first-order valence-electron chi connectivity index (χ1n) is 5.86. The van der Waals surface area contributed by atoms with Crippen LogP contribution in [0.15, 0.2) is 18.2 Å². The van der Waals surface area contributed by atoms with Gasteiger partial charge in [-0.25, -0.2) is 0 Å². The van der Waals surface area contributed by atoms with Crippen LogP contribution in [0, 0.1) is 6.92 Å². The maximum absolute atomic E-state index is 5.80. The summed E-state index contributed by atoms with van der Waals surface area (Å²) in [4.78, 5) is 0. The average molecular weight is 220 g/mol. The minimum absolute atomic E-state index is 0.345. The zero-order chi connectivity index (χ0) is 11.5. The van der Waals surface area contributed by atoms with Crippen molar-refractivity contribution in [1.29, 1.82) is 0 Å². The predicted octanol–water partition coefficient (Wildman–Crippen LogP) is 2.56. The summed E-state index contributed by atoms with van der Waals surface area (Å²) in [5, 5.41) is 3.53. The lowest BCUT2D eigenvalue weighted by molar-refractivity contribution is 0.101. The van der Waals surface area contributed by atoms with Gasteiger partial charge in [0, 0.05) is 18.5 Å². The standard InChI is InChI=1S/C13H20N2O/c1-9-8-10(6-7-11(9)14)15-12-4-3-5-13(12)16-2/h6-8,12-13,15H,3-5,14H2,1-2H3. The molecule has 2 unspecified atom stereocenters.